The highest BCUT2D eigenvalue weighted by atomic mass is 16.3. The Morgan fingerprint density at radius 3 is 2.56 bits per heavy atom. The topological polar surface area (TPSA) is 63.8 Å². The molecule has 90 valence electrons. The van der Waals surface area contributed by atoms with Crippen LogP contribution in [0.1, 0.15) is 63.9 Å². The molecule has 1 aromatic heterocycles. The normalized spacial score (nSPS) is 20.2. The van der Waals surface area contributed by atoms with E-state index in [2.05, 4.69) is 15.5 Å². The number of hydrogen-bond acceptors (Lipinski definition) is 4. The molecule has 0 saturated heterocycles. The molecule has 1 saturated carbocycles. The molecule has 0 aromatic carbocycles. The molecule has 1 fully saturated rings. The van der Waals surface area contributed by atoms with E-state index in [0.29, 0.717) is 11.9 Å². The van der Waals surface area contributed by atoms with Crippen molar-refractivity contribution in [1.82, 2.24) is 20.2 Å². The lowest BCUT2D eigenvalue weighted by atomic mass is 9.95. The summed E-state index contributed by atoms with van der Waals surface area (Å²) in [6, 6.07) is 0.382. The number of nitrogens with zero attached hydrogens (tertiary/aromatic N) is 4. The highest BCUT2D eigenvalue weighted by molar-refractivity contribution is 4.92. The molecule has 2 rings (SSSR count). The van der Waals surface area contributed by atoms with Gasteiger partial charge in [-0.15, -0.1) is 5.10 Å². The van der Waals surface area contributed by atoms with E-state index < -0.39 is 6.10 Å². The van der Waals surface area contributed by atoms with Gasteiger partial charge in [0.2, 0.25) is 0 Å². The fraction of sp³-hybridized carbons (Fsp3) is 0.909. The minimum absolute atomic E-state index is 0.147. The van der Waals surface area contributed by atoms with Crippen LogP contribution < -0.4 is 0 Å². The summed E-state index contributed by atoms with van der Waals surface area (Å²) in [5.74, 6) is 0.773. The van der Waals surface area contributed by atoms with E-state index in [1.807, 2.05) is 18.5 Å². The smallest absolute Gasteiger partial charge is 0.180 e. The van der Waals surface area contributed by atoms with E-state index in [1.54, 1.807) is 0 Å². The summed E-state index contributed by atoms with van der Waals surface area (Å²) in [5, 5.41) is 21.7. The minimum Gasteiger partial charge on any atom is -0.385 e. The highest BCUT2D eigenvalue weighted by Crippen LogP contribution is 2.30. The van der Waals surface area contributed by atoms with Gasteiger partial charge < -0.3 is 5.11 Å². The number of aliphatic hydroxyl groups excluding tert-OH is 1. The lowest BCUT2D eigenvalue weighted by Crippen LogP contribution is -2.20. The lowest BCUT2D eigenvalue weighted by Gasteiger charge is -2.24. The monoisotopic (exact) mass is 224 g/mol. The molecule has 1 atom stereocenters. The summed E-state index contributed by atoms with van der Waals surface area (Å²) >= 11 is 0. The Labute approximate surface area is 95.9 Å². The number of aliphatic hydroxyl groups is 1. The van der Waals surface area contributed by atoms with Crippen LogP contribution in [0.15, 0.2) is 0 Å². The van der Waals surface area contributed by atoms with Gasteiger partial charge in [-0.3, -0.25) is 0 Å². The Morgan fingerprint density at radius 1 is 1.25 bits per heavy atom. The van der Waals surface area contributed by atoms with E-state index >= 15 is 0 Å². The standard InChI is InChI=1S/C11H20N4O/c1-8(2)10(16)11-12-13-14-15(11)9-6-4-3-5-7-9/h8-10,16H,3-7H2,1-2H3. The van der Waals surface area contributed by atoms with Gasteiger partial charge in [0, 0.05) is 0 Å². The average Bonchev–Trinajstić information content (AvgIpc) is 2.77. The number of aromatic nitrogens is 4. The number of tetrazole rings is 1. The van der Waals surface area contributed by atoms with Gasteiger partial charge in [-0.1, -0.05) is 33.1 Å². The first kappa shape index (κ1) is 11.5. The lowest BCUT2D eigenvalue weighted by molar-refractivity contribution is 0.107. The molecule has 1 aromatic rings. The zero-order valence-corrected chi connectivity index (χ0v) is 10.0. The Morgan fingerprint density at radius 2 is 1.94 bits per heavy atom. The molecule has 0 amide bonds. The third-order valence-electron chi connectivity index (χ3n) is 3.33. The third kappa shape index (κ3) is 2.24. The Hall–Kier alpha value is -0.970. The Kier molecular flexibility index (Phi) is 3.53. The zero-order chi connectivity index (χ0) is 11.5. The van der Waals surface area contributed by atoms with Crippen molar-refractivity contribution < 1.29 is 5.11 Å². The van der Waals surface area contributed by atoms with Gasteiger partial charge in [0.05, 0.1) is 6.04 Å². The van der Waals surface area contributed by atoms with Gasteiger partial charge in [0.25, 0.3) is 0 Å². The molecule has 0 aliphatic heterocycles. The van der Waals surface area contributed by atoms with Crippen molar-refractivity contribution in [2.45, 2.75) is 58.1 Å². The molecule has 5 heteroatoms. The van der Waals surface area contributed by atoms with Gasteiger partial charge in [0.15, 0.2) is 5.82 Å². The van der Waals surface area contributed by atoms with Gasteiger partial charge in [-0.25, -0.2) is 4.68 Å². The predicted molar refractivity (Wildman–Crippen MR) is 59.7 cm³/mol. The molecular weight excluding hydrogens is 204 g/mol. The van der Waals surface area contributed by atoms with Crippen molar-refractivity contribution in [3.63, 3.8) is 0 Å². The second kappa shape index (κ2) is 4.91. The van der Waals surface area contributed by atoms with Gasteiger partial charge in [-0.05, 0) is 29.2 Å². The van der Waals surface area contributed by atoms with E-state index in [4.69, 9.17) is 0 Å². The summed E-state index contributed by atoms with van der Waals surface area (Å²) in [7, 11) is 0. The maximum atomic E-state index is 10.0. The molecule has 5 nitrogen and oxygen atoms in total. The van der Waals surface area contributed by atoms with E-state index in [0.717, 1.165) is 12.8 Å². The maximum absolute atomic E-state index is 10.0. The molecule has 1 aliphatic carbocycles. The van der Waals surface area contributed by atoms with E-state index in [9.17, 15) is 5.11 Å². The van der Waals surface area contributed by atoms with Crippen molar-refractivity contribution in [2.75, 3.05) is 0 Å². The Bertz CT molecular complexity index is 330. The largest absolute Gasteiger partial charge is 0.385 e. The third-order valence-corrected chi connectivity index (χ3v) is 3.33. The molecule has 1 unspecified atom stereocenters. The fourth-order valence-electron chi connectivity index (χ4n) is 2.28. The molecule has 16 heavy (non-hydrogen) atoms. The Balaban J connectivity index is 2.17. The van der Waals surface area contributed by atoms with Gasteiger partial charge in [0.1, 0.15) is 6.10 Å². The molecule has 1 N–H and O–H groups in total. The highest BCUT2D eigenvalue weighted by Gasteiger charge is 2.25. The quantitative estimate of drug-likeness (QED) is 0.851. The van der Waals surface area contributed by atoms with Crippen molar-refractivity contribution in [1.29, 1.82) is 0 Å². The fourth-order valence-corrected chi connectivity index (χ4v) is 2.28. The SMILES string of the molecule is CC(C)C(O)c1nnnn1C1CCCCC1. The summed E-state index contributed by atoms with van der Waals surface area (Å²) < 4.78 is 1.84. The molecule has 0 radical (unpaired) electrons. The van der Waals surface area contributed by atoms with Crippen molar-refractivity contribution in [3.8, 4) is 0 Å². The minimum atomic E-state index is -0.558. The second-order valence-corrected chi connectivity index (χ2v) is 4.96. The first-order chi connectivity index (χ1) is 7.70. The molecule has 0 spiro atoms. The van der Waals surface area contributed by atoms with Gasteiger partial charge >= 0.3 is 0 Å². The first-order valence-corrected chi connectivity index (χ1v) is 6.16. The van der Waals surface area contributed by atoms with Crippen LogP contribution in [-0.4, -0.2) is 25.3 Å². The summed E-state index contributed by atoms with van der Waals surface area (Å²) in [6.07, 6.45) is 5.48. The van der Waals surface area contributed by atoms with E-state index in [-0.39, 0.29) is 5.92 Å². The second-order valence-electron chi connectivity index (χ2n) is 4.96. The maximum Gasteiger partial charge on any atom is 0.180 e. The van der Waals surface area contributed by atoms with Crippen LogP contribution in [0.4, 0.5) is 0 Å². The van der Waals surface area contributed by atoms with Crippen LogP contribution in [0.2, 0.25) is 0 Å². The zero-order valence-electron chi connectivity index (χ0n) is 10.0. The van der Waals surface area contributed by atoms with Gasteiger partial charge in [-0.2, -0.15) is 0 Å². The van der Waals surface area contributed by atoms with Crippen molar-refractivity contribution in [3.05, 3.63) is 5.82 Å². The first-order valence-electron chi connectivity index (χ1n) is 6.16. The average molecular weight is 224 g/mol. The van der Waals surface area contributed by atoms with Crippen LogP contribution in [0.25, 0.3) is 0 Å². The van der Waals surface area contributed by atoms with Crippen LogP contribution in [0, 0.1) is 5.92 Å². The summed E-state index contributed by atoms with van der Waals surface area (Å²) in [4.78, 5) is 0. The molecule has 0 bridgehead atoms. The summed E-state index contributed by atoms with van der Waals surface area (Å²) in [5.41, 5.74) is 0. The summed E-state index contributed by atoms with van der Waals surface area (Å²) in [6.45, 7) is 3.95. The van der Waals surface area contributed by atoms with Crippen LogP contribution in [0.5, 0.6) is 0 Å². The van der Waals surface area contributed by atoms with E-state index in [1.165, 1.54) is 19.3 Å². The molecule has 1 aliphatic rings. The van der Waals surface area contributed by atoms with Crippen LogP contribution in [-0.2, 0) is 0 Å². The van der Waals surface area contributed by atoms with Crippen molar-refractivity contribution in [2.24, 2.45) is 5.92 Å². The number of hydrogen-bond donors (Lipinski definition) is 1. The van der Waals surface area contributed by atoms with Crippen LogP contribution >= 0.6 is 0 Å². The molecular formula is C11H20N4O. The number of rotatable bonds is 3. The van der Waals surface area contributed by atoms with Crippen molar-refractivity contribution >= 4 is 0 Å². The van der Waals surface area contributed by atoms with Crippen LogP contribution in [0.3, 0.4) is 0 Å². The molecule has 1 heterocycles. The predicted octanol–water partition coefficient (Wildman–Crippen LogP) is 1.87.